The minimum absolute atomic E-state index is 0.0917. The number of Topliss-reactive ketones (excluding diaryl/α,β-unsaturated/α-hetero) is 1. The third-order valence-corrected chi connectivity index (χ3v) is 7.81. The van der Waals surface area contributed by atoms with Crippen LogP contribution in [0.15, 0.2) is 23.0 Å². The molecule has 2 heterocycles. The molecule has 3 fully saturated rings. The summed E-state index contributed by atoms with van der Waals surface area (Å²) in [7, 11) is 1.32. The van der Waals surface area contributed by atoms with E-state index in [4.69, 9.17) is 18.6 Å². The molecule has 7 atom stereocenters. The minimum atomic E-state index is -1.04. The van der Waals surface area contributed by atoms with Crippen LogP contribution in [0.5, 0.6) is 0 Å². The molecule has 0 aromatic carbocycles. The zero-order valence-corrected chi connectivity index (χ0v) is 18.2. The van der Waals surface area contributed by atoms with Gasteiger partial charge >= 0.3 is 17.9 Å². The van der Waals surface area contributed by atoms with E-state index in [0.717, 1.165) is 5.56 Å². The molecule has 0 N–H and O–H groups in total. The molecule has 8 nitrogen and oxygen atoms in total. The Morgan fingerprint density at radius 1 is 1.19 bits per heavy atom. The predicted molar refractivity (Wildman–Crippen MR) is 105 cm³/mol. The van der Waals surface area contributed by atoms with Crippen molar-refractivity contribution in [1.82, 2.24) is 0 Å². The summed E-state index contributed by atoms with van der Waals surface area (Å²) < 4.78 is 21.3. The van der Waals surface area contributed by atoms with Crippen molar-refractivity contribution in [2.45, 2.75) is 58.7 Å². The van der Waals surface area contributed by atoms with Gasteiger partial charge in [0.1, 0.15) is 6.10 Å². The van der Waals surface area contributed by atoms with Crippen LogP contribution in [-0.2, 0) is 33.4 Å². The molecule has 168 valence electrons. The molecule has 1 aliphatic heterocycles. The van der Waals surface area contributed by atoms with Crippen molar-refractivity contribution < 1.29 is 37.8 Å². The highest BCUT2D eigenvalue weighted by atomic mass is 16.6. The molecule has 0 amide bonds. The monoisotopic (exact) mass is 432 g/mol. The Balaban J connectivity index is 1.80. The van der Waals surface area contributed by atoms with Gasteiger partial charge in [-0.05, 0) is 36.2 Å². The zero-order valence-electron chi connectivity index (χ0n) is 18.2. The van der Waals surface area contributed by atoms with E-state index >= 15 is 0 Å². The summed E-state index contributed by atoms with van der Waals surface area (Å²) in [6, 6.07) is 1.74. The second-order valence-corrected chi connectivity index (χ2v) is 9.53. The average molecular weight is 432 g/mol. The van der Waals surface area contributed by atoms with Gasteiger partial charge in [-0.2, -0.15) is 0 Å². The van der Waals surface area contributed by atoms with Gasteiger partial charge in [0.2, 0.25) is 0 Å². The van der Waals surface area contributed by atoms with Gasteiger partial charge in [0, 0.05) is 24.8 Å². The topological polar surface area (TPSA) is 109 Å². The molecule has 2 saturated carbocycles. The van der Waals surface area contributed by atoms with Crippen molar-refractivity contribution in [3.05, 3.63) is 24.2 Å². The molecule has 0 unspecified atom stereocenters. The maximum atomic E-state index is 13.7. The number of carbonyl (C=O) groups excluding carboxylic acids is 4. The van der Waals surface area contributed by atoms with Gasteiger partial charge in [0.25, 0.3) is 0 Å². The predicted octanol–water partition coefficient (Wildman–Crippen LogP) is 3.00. The first-order valence-electron chi connectivity index (χ1n) is 10.6. The molecule has 8 heteroatoms. The fourth-order valence-corrected chi connectivity index (χ4v) is 6.46. The van der Waals surface area contributed by atoms with Crippen LogP contribution < -0.4 is 0 Å². The Morgan fingerprint density at radius 3 is 2.55 bits per heavy atom. The quantitative estimate of drug-likeness (QED) is 0.530. The van der Waals surface area contributed by atoms with Crippen LogP contribution in [0.4, 0.5) is 0 Å². The molecule has 4 rings (SSSR count). The average Bonchev–Trinajstić information content (AvgIpc) is 3.23. The Morgan fingerprint density at radius 2 is 1.94 bits per heavy atom. The Hall–Kier alpha value is -2.64. The van der Waals surface area contributed by atoms with E-state index in [9.17, 15) is 19.2 Å². The normalized spacial score (nSPS) is 39.7. The van der Waals surface area contributed by atoms with Gasteiger partial charge in [-0.25, -0.2) is 0 Å². The van der Waals surface area contributed by atoms with Crippen LogP contribution >= 0.6 is 0 Å². The van der Waals surface area contributed by atoms with Crippen LogP contribution in [0.1, 0.15) is 58.1 Å². The highest BCUT2D eigenvalue weighted by Gasteiger charge is 2.67. The SMILES string of the molecule is COC(=O)[C@@H]1C[C@H](OC(C)=O)C(=O)[C@@H]2[C@]1(C)CC[C@@H]1C(=O)O[C@H](c3ccoc3)C[C@]21C. The summed E-state index contributed by atoms with van der Waals surface area (Å²) in [6.45, 7) is 5.09. The van der Waals surface area contributed by atoms with Crippen molar-refractivity contribution in [1.29, 1.82) is 0 Å². The molecule has 2 aliphatic carbocycles. The van der Waals surface area contributed by atoms with Gasteiger partial charge in [-0.1, -0.05) is 13.8 Å². The fourth-order valence-electron chi connectivity index (χ4n) is 6.46. The maximum Gasteiger partial charge on any atom is 0.310 e. The van der Waals surface area contributed by atoms with Crippen LogP contribution in [0.25, 0.3) is 0 Å². The summed E-state index contributed by atoms with van der Waals surface area (Å²) in [5.41, 5.74) is -0.763. The van der Waals surface area contributed by atoms with E-state index in [0.29, 0.717) is 19.3 Å². The number of carbonyl (C=O) groups is 4. The first-order chi connectivity index (χ1) is 14.6. The van der Waals surface area contributed by atoms with E-state index in [1.54, 1.807) is 6.07 Å². The second-order valence-electron chi connectivity index (χ2n) is 9.53. The third kappa shape index (κ3) is 3.27. The molecule has 0 bridgehead atoms. The van der Waals surface area contributed by atoms with Crippen LogP contribution in [0, 0.1) is 28.6 Å². The van der Waals surface area contributed by atoms with Crippen molar-refractivity contribution in [3.8, 4) is 0 Å². The highest BCUT2D eigenvalue weighted by Crippen LogP contribution is 2.65. The van der Waals surface area contributed by atoms with Gasteiger partial charge < -0.3 is 18.6 Å². The smallest absolute Gasteiger partial charge is 0.310 e. The lowest BCUT2D eigenvalue weighted by atomic mass is 9.43. The minimum Gasteiger partial charge on any atom is -0.472 e. The highest BCUT2D eigenvalue weighted by molar-refractivity contribution is 5.93. The molecule has 1 aromatic heterocycles. The summed E-state index contributed by atoms with van der Waals surface area (Å²) >= 11 is 0. The third-order valence-electron chi connectivity index (χ3n) is 7.81. The van der Waals surface area contributed by atoms with Gasteiger partial charge in [0.15, 0.2) is 11.9 Å². The number of ether oxygens (including phenoxy) is 3. The van der Waals surface area contributed by atoms with E-state index in [1.807, 2.05) is 13.8 Å². The van der Waals surface area contributed by atoms with Crippen molar-refractivity contribution >= 4 is 23.7 Å². The number of fused-ring (bicyclic) bond motifs is 3. The molecule has 1 saturated heterocycles. The number of cyclic esters (lactones) is 1. The van der Waals surface area contributed by atoms with Crippen LogP contribution in [0.3, 0.4) is 0 Å². The fraction of sp³-hybridized carbons (Fsp3) is 0.652. The standard InChI is InChI=1S/C23H28O8/c1-12(24)30-16-9-15(20(26)28-4)22(2)7-5-14-21(27)31-17(13-6-8-29-11-13)10-23(14,3)19(22)18(16)25/h6,8,11,14-17,19H,5,7,9-10H2,1-4H3/t14-,15+,16+,17+,19-,22-,23+/m1/s1. The molecule has 1 aromatic rings. The van der Waals surface area contributed by atoms with Crippen molar-refractivity contribution in [2.24, 2.45) is 28.6 Å². The maximum absolute atomic E-state index is 13.7. The number of hydrogen-bond donors (Lipinski definition) is 0. The van der Waals surface area contributed by atoms with Gasteiger partial charge in [0.05, 0.1) is 31.5 Å². The number of hydrogen-bond acceptors (Lipinski definition) is 8. The van der Waals surface area contributed by atoms with E-state index in [1.165, 1.54) is 26.6 Å². The molecule has 0 radical (unpaired) electrons. The number of esters is 3. The van der Waals surface area contributed by atoms with Crippen molar-refractivity contribution in [2.75, 3.05) is 7.11 Å². The first-order valence-corrected chi connectivity index (χ1v) is 10.6. The van der Waals surface area contributed by atoms with Gasteiger partial charge in [-0.15, -0.1) is 0 Å². The lowest BCUT2D eigenvalue weighted by molar-refractivity contribution is -0.210. The lowest BCUT2D eigenvalue weighted by Gasteiger charge is -2.60. The number of rotatable bonds is 3. The first kappa shape index (κ1) is 21.6. The van der Waals surface area contributed by atoms with E-state index in [-0.39, 0.29) is 18.2 Å². The molecule has 31 heavy (non-hydrogen) atoms. The Bertz CT molecular complexity index is 905. The van der Waals surface area contributed by atoms with E-state index < -0.39 is 52.7 Å². The zero-order chi connectivity index (χ0) is 22.6. The Kier molecular flexibility index (Phi) is 5.22. The largest absolute Gasteiger partial charge is 0.472 e. The second kappa shape index (κ2) is 7.50. The van der Waals surface area contributed by atoms with E-state index in [2.05, 4.69) is 0 Å². The summed E-state index contributed by atoms with van der Waals surface area (Å²) in [6.07, 6.45) is 2.98. The number of methoxy groups -OCH3 is 1. The molecule has 3 aliphatic rings. The Labute approximate surface area is 180 Å². The molecular weight excluding hydrogens is 404 g/mol. The van der Waals surface area contributed by atoms with Crippen molar-refractivity contribution in [3.63, 3.8) is 0 Å². The summed E-state index contributed by atoms with van der Waals surface area (Å²) in [5.74, 6) is -3.35. The molecular formula is C23H28O8. The molecule has 0 spiro atoms. The number of furan rings is 1. The summed E-state index contributed by atoms with van der Waals surface area (Å²) in [5, 5.41) is 0. The van der Waals surface area contributed by atoms with Crippen LogP contribution in [0.2, 0.25) is 0 Å². The lowest BCUT2D eigenvalue weighted by Crippen LogP contribution is -2.64. The van der Waals surface area contributed by atoms with Crippen LogP contribution in [-0.4, -0.2) is 36.9 Å². The summed E-state index contributed by atoms with van der Waals surface area (Å²) in [4.78, 5) is 51.2. The number of ketones is 1. The van der Waals surface area contributed by atoms with Gasteiger partial charge in [-0.3, -0.25) is 19.2 Å².